The molecule has 2 N–H and O–H groups in total. The molecule has 0 aliphatic carbocycles. The molecule has 0 spiro atoms. The average Bonchev–Trinajstić information content (AvgIpc) is 3.20. The Morgan fingerprint density at radius 1 is 1.17 bits per heavy atom. The molecular formula is C22H24N6O2. The van der Waals surface area contributed by atoms with Gasteiger partial charge in [0.05, 0.1) is 5.41 Å². The quantitative estimate of drug-likeness (QED) is 0.698. The maximum atomic E-state index is 12.9. The number of rotatable bonds is 5. The number of nitrogens with two attached hydrogens (primary N) is 1. The van der Waals surface area contributed by atoms with E-state index in [4.69, 9.17) is 5.73 Å². The van der Waals surface area contributed by atoms with Gasteiger partial charge in [-0.3, -0.25) is 14.3 Å². The van der Waals surface area contributed by atoms with E-state index < -0.39 is 5.41 Å². The molecule has 1 aromatic carbocycles. The summed E-state index contributed by atoms with van der Waals surface area (Å²) in [5.41, 5.74) is 8.29. The SMILES string of the molecule is Cn1ccc(C(=O)N2CCC[C@@](Cc3ccccc3-c3cncnc3)(C(N)=O)C2)n1. The number of nitrogens with zero attached hydrogens (tertiary/aromatic N) is 5. The van der Waals surface area contributed by atoms with Gasteiger partial charge in [-0.1, -0.05) is 24.3 Å². The monoisotopic (exact) mass is 404 g/mol. The lowest BCUT2D eigenvalue weighted by Gasteiger charge is -2.41. The lowest BCUT2D eigenvalue weighted by Crippen LogP contribution is -2.53. The zero-order chi connectivity index (χ0) is 21.1. The molecule has 0 bridgehead atoms. The Morgan fingerprint density at radius 3 is 2.63 bits per heavy atom. The number of carbonyl (C=O) groups is 2. The fourth-order valence-corrected chi connectivity index (χ4v) is 4.19. The van der Waals surface area contributed by atoms with Gasteiger partial charge in [0, 0.05) is 44.3 Å². The maximum absolute atomic E-state index is 12.9. The minimum absolute atomic E-state index is 0.175. The van der Waals surface area contributed by atoms with E-state index >= 15 is 0 Å². The summed E-state index contributed by atoms with van der Waals surface area (Å²) in [6.07, 6.45) is 8.50. The van der Waals surface area contributed by atoms with Gasteiger partial charge in [-0.05, 0) is 36.5 Å². The van der Waals surface area contributed by atoms with E-state index in [0.29, 0.717) is 31.5 Å². The van der Waals surface area contributed by atoms with Crippen molar-refractivity contribution in [3.8, 4) is 11.1 Å². The highest BCUT2D eigenvalue weighted by molar-refractivity contribution is 5.93. The molecule has 8 heteroatoms. The molecule has 2 aromatic heterocycles. The molecule has 0 unspecified atom stereocenters. The number of amides is 2. The molecule has 3 aromatic rings. The van der Waals surface area contributed by atoms with E-state index in [0.717, 1.165) is 16.7 Å². The summed E-state index contributed by atoms with van der Waals surface area (Å²) in [5, 5.41) is 4.21. The molecule has 1 aliphatic rings. The van der Waals surface area contributed by atoms with Gasteiger partial charge in [0.1, 0.15) is 12.0 Å². The van der Waals surface area contributed by atoms with E-state index in [1.165, 1.54) is 6.33 Å². The highest BCUT2D eigenvalue weighted by Gasteiger charge is 2.43. The van der Waals surface area contributed by atoms with Gasteiger partial charge in [0.25, 0.3) is 5.91 Å². The third-order valence-corrected chi connectivity index (χ3v) is 5.74. The van der Waals surface area contributed by atoms with Crippen molar-refractivity contribution in [2.45, 2.75) is 19.3 Å². The number of benzene rings is 1. The number of piperidine rings is 1. The Bertz CT molecular complexity index is 1060. The first-order valence-electron chi connectivity index (χ1n) is 9.91. The molecule has 0 saturated carbocycles. The van der Waals surface area contributed by atoms with Crippen LogP contribution in [-0.2, 0) is 18.3 Å². The minimum Gasteiger partial charge on any atom is -0.369 e. The lowest BCUT2D eigenvalue weighted by molar-refractivity contribution is -0.130. The van der Waals surface area contributed by atoms with Crippen molar-refractivity contribution in [3.63, 3.8) is 0 Å². The summed E-state index contributed by atoms with van der Waals surface area (Å²) < 4.78 is 1.59. The van der Waals surface area contributed by atoms with Crippen LogP contribution in [0.15, 0.2) is 55.2 Å². The van der Waals surface area contributed by atoms with Gasteiger partial charge >= 0.3 is 0 Å². The van der Waals surface area contributed by atoms with Gasteiger partial charge in [-0.15, -0.1) is 0 Å². The second-order valence-corrected chi connectivity index (χ2v) is 7.81. The summed E-state index contributed by atoms with van der Waals surface area (Å²) in [6.45, 7) is 0.857. The van der Waals surface area contributed by atoms with Gasteiger partial charge in [0.15, 0.2) is 0 Å². The third-order valence-electron chi connectivity index (χ3n) is 5.74. The van der Waals surface area contributed by atoms with Crippen molar-refractivity contribution < 1.29 is 9.59 Å². The minimum atomic E-state index is -0.839. The molecule has 154 valence electrons. The van der Waals surface area contributed by atoms with Crippen molar-refractivity contribution in [3.05, 3.63) is 66.5 Å². The summed E-state index contributed by atoms with van der Waals surface area (Å²) in [4.78, 5) is 35.5. The molecule has 4 rings (SSSR count). The second-order valence-electron chi connectivity index (χ2n) is 7.81. The largest absolute Gasteiger partial charge is 0.369 e. The molecule has 8 nitrogen and oxygen atoms in total. The van der Waals surface area contributed by atoms with Gasteiger partial charge in [0.2, 0.25) is 5.91 Å². The van der Waals surface area contributed by atoms with E-state index in [9.17, 15) is 9.59 Å². The number of aryl methyl sites for hydroxylation is 1. The number of hydrogen-bond donors (Lipinski definition) is 1. The summed E-state index contributed by atoms with van der Waals surface area (Å²) >= 11 is 0. The molecule has 0 radical (unpaired) electrons. The summed E-state index contributed by atoms with van der Waals surface area (Å²) in [7, 11) is 1.77. The van der Waals surface area contributed by atoms with Crippen LogP contribution in [0.2, 0.25) is 0 Å². The van der Waals surface area contributed by atoms with Crippen molar-refractivity contribution in [2.75, 3.05) is 13.1 Å². The molecule has 30 heavy (non-hydrogen) atoms. The summed E-state index contributed by atoms with van der Waals surface area (Å²) in [5.74, 6) is -0.564. The number of likely N-dealkylation sites (tertiary alicyclic amines) is 1. The van der Waals surface area contributed by atoms with Crippen LogP contribution < -0.4 is 5.73 Å². The first kappa shape index (κ1) is 19.8. The predicted octanol–water partition coefficient (Wildman–Crippen LogP) is 1.83. The van der Waals surface area contributed by atoms with E-state index in [1.807, 2.05) is 24.3 Å². The van der Waals surface area contributed by atoms with E-state index in [-0.39, 0.29) is 18.4 Å². The van der Waals surface area contributed by atoms with Crippen LogP contribution in [0.5, 0.6) is 0 Å². The van der Waals surface area contributed by atoms with Crippen LogP contribution in [0.1, 0.15) is 28.9 Å². The van der Waals surface area contributed by atoms with E-state index in [1.54, 1.807) is 41.3 Å². The van der Waals surface area contributed by atoms with Crippen LogP contribution in [0, 0.1) is 5.41 Å². The number of primary amides is 1. The highest BCUT2D eigenvalue weighted by atomic mass is 16.2. The Balaban J connectivity index is 1.64. The smallest absolute Gasteiger partial charge is 0.274 e. The standard InChI is InChI=1S/C22H24N6O2/c1-27-10-7-19(26-27)20(29)28-9-4-8-22(14-28,21(23)30)11-16-5-2-3-6-18(16)17-12-24-15-25-13-17/h2-3,5-7,10,12-13,15H,4,8-9,11,14H2,1H3,(H2,23,30)/t22-/m0/s1. The van der Waals surface area contributed by atoms with Gasteiger partial charge in [-0.25, -0.2) is 9.97 Å². The highest BCUT2D eigenvalue weighted by Crippen LogP contribution is 2.36. The molecule has 2 amide bonds. The first-order valence-corrected chi connectivity index (χ1v) is 9.91. The normalized spacial score (nSPS) is 18.9. The number of aromatic nitrogens is 4. The average molecular weight is 404 g/mol. The second kappa shape index (κ2) is 8.06. The Kier molecular flexibility index (Phi) is 5.31. The number of carbonyl (C=O) groups excluding carboxylic acids is 2. The topological polar surface area (TPSA) is 107 Å². The van der Waals surface area contributed by atoms with Crippen molar-refractivity contribution in [1.82, 2.24) is 24.6 Å². The molecule has 1 fully saturated rings. The molecule has 1 saturated heterocycles. The zero-order valence-corrected chi connectivity index (χ0v) is 16.9. The first-order chi connectivity index (χ1) is 14.5. The molecule has 3 heterocycles. The van der Waals surface area contributed by atoms with Crippen molar-refractivity contribution >= 4 is 11.8 Å². The predicted molar refractivity (Wildman–Crippen MR) is 111 cm³/mol. The molecular weight excluding hydrogens is 380 g/mol. The Labute approximate surface area is 174 Å². The zero-order valence-electron chi connectivity index (χ0n) is 16.9. The van der Waals surface area contributed by atoms with Crippen LogP contribution >= 0.6 is 0 Å². The van der Waals surface area contributed by atoms with Crippen LogP contribution in [0.3, 0.4) is 0 Å². The maximum Gasteiger partial charge on any atom is 0.274 e. The van der Waals surface area contributed by atoms with Crippen LogP contribution in [-0.4, -0.2) is 49.6 Å². The van der Waals surface area contributed by atoms with Crippen LogP contribution in [0.25, 0.3) is 11.1 Å². The van der Waals surface area contributed by atoms with E-state index in [2.05, 4.69) is 15.1 Å². The fraction of sp³-hybridized carbons (Fsp3) is 0.318. The molecule has 1 atom stereocenters. The van der Waals surface area contributed by atoms with Crippen LogP contribution in [0.4, 0.5) is 0 Å². The Hall–Kier alpha value is -3.55. The van der Waals surface area contributed by atoms with Crippen molar-refractivity contribution in [1.29, 1.82) is 0 Å². The Morgan fingerprint density at radius 2 is 1.93 bits per heavy atom. The number of hydrogen-bond acceptors (Lipinski definition) is 5. The van der Waals surface area contributed by atoms with Gasteiger partial charge in [-0.2, -0.15) is 5.10 Å². The van der Waals surface area contributed by atoms with Crippen molar-refractivity contribution in [2.24, 2.45) is 18.2 Å². The fourth-order valence-electron chi connectivity index (χ4n) is 4.19. The third kappa shape index (κ3) is 3.80. The molecule has 1 aliphatic heterocycles. The summed E-state index contributed by atoms with van der Waals surface area (Å²) in [6, 6.07) is 9.56. The van der Waals surface area contributed by atoms with Gasteiger partial charge < -0.3 is 10.6 Å². The lowest BCUT2D eigenvalue weighted by atomic mass is 9.73.